The Bertz CT molecular complexity index is 2470. The van der Waals surface area contributed by atoms with Gasteiger partial charge in [-0.1, -0.05) is 71.7 Å². The molecule has 4 aromatic carbocycles. The zero-order chi connectivity index (χ0) is 38.3. The van der Waals surface area contributed by atoms with Crippen molar-refractivity contribution in [1.82, 2.24) is 30.4 Å². The third kappa shape index (κ3) is 7.12. The van der Waals surface area contributed by atoms with Gasteiger partial charge in [0.15, 0.2) is 11.6 Å². The maximum atomic E-state index is 13.9. The molecule has 2 aliphatic heterocycles. The van der Waals surface area contributed by atoms with E-state index in [9.17, 15) is 32.3 Å². The highest BCUT2D eigenvalue weighted by Crippen LogP contribution is 2.29. The number of nitrogens with one attached hydrogen (secondary N) is 4. The first-order valence-corrected chi connectivity index (χ1v) is 17.6. The van der Waals surface area contributed by atoms with Gasteiger partial charge in [0.2, 0.25) is 0 Å². The van der Waals surface area contributed by atoms with Crippen LogP contribution in [0, 0.1) is 24.4 Å². The molecule has 4 N–H and O–H groups in total. The Labute approximate surface area is 316 Å². The molecule has 2 aromatic heterocycles. The number of imide groups is 2. The lowest BCUT2D eigenvalue weighted by molar-refractivity contribution is -0.128. The molecule has 2 fully saturated rings. The highest BCUT2D eigenvalue weighted by Gasteiger charge is 2.39. The molecule has 0 saturated carbocycles. The van der Waals surface area contributed by atoms with Gasteiger partial charge >= 0.3 is 12.1 Å². The van der Waals surface area contributed by atoms with Crippen LogP contribution < -0.4 is 10.6 Å². The van der Waals surface area contributed by atoms with E-state index in [0.717, 1.165) is 48.8 Å². The number of urea groups is 2. The molecule has 2 aliphatic rings. The van der Waals surface area contributed by atoms with Crippen molar-refractivity contribution in [2.75, 3.05) is 0 Å². The molecule has 15 heteroatoms. The Morgan fingerprint density at radius 2 is 1.15 bits per heavy atom. The normalized spacial score (nSPS) is 17.0. The summed E-state index contributed by atoms with van der Waals surface area (Å²) < 4.78 is 41.0. The maximum absolute atomic E-state index is 13.9. The number of nitrogens with zero attached hydrogens (tertiary/aromatic N) is 2. The molecule has 2 saturated heterocycles. The summed E-state index contributed by atoms with van der Waals surface area (Å²) in [6, 6.07) is 16.8. The predicted octanol–water partition coefficient (Wildman–Crippen LogP) is 7.69. The number of aryl methyl sites for hydroxylation is 1. The molecule has 0 radical (unpaired) electrons. The number of aromatic nitrogens is 2. The van der Waals surface area contributed by atoms with E-state index < -0.39 is 41.7 Å². The van der Waals surface area contributed by atoms with Crippen molar-refractivity contribution in [2.45, 2.75) is 44.9 Å². The number of aromatic amines is 2. The van der Waals surface area contributed by atoms with Gasteiger partial charge in [-0.2, -0.15) is 0 Å². The van der Waals surface area contributed by atoms with Crippen molar-refractivity contribution in [2.24, 2.45) is 0 Å². The molecule has 10 nitrogen and oxygen atoms in total. The van der Waals surface area contributed by atoms with E-state index in [0.29, 0.717) is 27.6 Å². The average Bonchev–Trinajstić information content (AvgIpc) is 3.89. The van der Waals surface area contributed by atoms with Gasteiger partial charge in [-0.25, -0.2) is 22.8 Å². The summed E-state index contributed by atoms with van der Waals surface area (Å²) in [6.45, 7) is 1.37. The smallest absolute Gasteiger partial charge is 0.325 e. The molecule has 8 rings (SSSR count). The molecule has 2 atom stereocenters. The minimum Gasteiger partial charge on any atom is -0.360 e. The summed E-state index contributed by atoms with van der Waals surface area (Å²) in [7, 11) is 0. The summed E-state index contributed by atoms with van der Waals surface area (Å²) >= 11 is 12.3. The van der Waals surface area contributed by atoms with E-state index in [2.05, 4.69) is 20.6 Å². The second kappa shape index (κ2) is 14.9. The van der Waals surface area contributed by atoms with E-state index in [1.165, 1.54) is 18.2 Å². The number of carbonyl (C=O) groups excluding carboxylic acids is 4. The first-order valence-electron chi connectivity index (χ1n) is 16.8. The van der Waals surface area contributed by atoms with Crippen LogP contribution in [-0.4, -0.2) is 55.7 Å². The predicted molar refractivity (Wildman–Crippen MR) is 197 cm³/mol. The van der Waals surface area contributed by atoms with Crippen LogP contribution in [0.2, 0.25) is 10.0 Å². The minimum absolute atomic E-state index is 0.0398. The van der Waals surface area contributed by atoms with Crippen molar-refractivity contribution in [1.29, 1.82) is 0 Å². The lowest BCUT2D eigenvalue weighted by Gasteiger charge is -2.13. The van der Waals surface area contributed by atoms with Gasteiger partial charge in [0.05, 0.1) is 34.2 Å². The van der Waals surface area contributed by atoms with Crippen molar-refractivity contribution in [3.63, 3.8) is 0 Å². The molecule has 6 amide bonds. The molecule has 54 heavy (non-hydrogen) atoms. The lowest BCUT2D eigenvalue weighted by atomic mass is 10.0. The number of para-hydroxylation sites is 2. The number of amides is 6. The Balaban J connectivity index is 0.000000167. The zero-order valence-corrected chi connectivity index (χ0v) is 30.0. The van der Waals surface area contributed by atoms with E-state index in [4.69, 9.17) is 23.2 Å². The van der Waals surface area contributed by atoms with Crippen LogP contribution in [0.5, 0.6) is 0 Å². The van der Waals surface area contributed by atoms with E-state index >= 15 is 0 Å². The number of halogens is 5. The highest BCUT2D eigenvalue weighted by molar-refractivity contribution is 6.35. The minimum atomic E-state index is -1.06. The topological polar surface area (TPSA) is 130 Å². The molecule has 276 valence electrons. The lowest BCUT2D eigenvalue weighted by Crippen LogP contribution is -2.32. The van der Waals surface area contributed by atoms with Gasteiger partial charge in [0, 0.05) is 41.6 Å². The molecule has 0 bridgehead atoms. The third-order valence-electron chi connectivity index (χ3n) is 9.50. The van der Waals surface area contributed by atoms with Crippen LogP contribution >= 0.6 is 23.2 Å². The van der Waals surface area contributed by atoms with Crippen molar-refractivity contribution >= 4 is 68.9 Å². The van der Waals surface area contributed by atoms with Gasteiger partial charge in [0.1, 0.15) is 17.9 Å². The Morgan fingerprint density at radius 1 is 0.630 bits per heavy atom. The summed E-state index contributed by atoms with van der Waals surface area (Å²) in [5.41, 5.74) is 4.31. The number of H-pyrrole nitrogens is 2. The summed E-state index contributed by atoms with van der Waals surface area (Å²) in [4.78, 5) is 58.0. The fourth-order valence-electron chi connectivity index (χ4n) is 6.62. The third-order valence-corrected chi connectivity index (χ3v) is 10.1. The zero-order valence-electron chi connectivity index (χ0n) is 28.5. The Kier molecular flexibility index (Phi) is 10.1. The summed E-state index contributed by atoms with van der Waals surface area (Å²) in [6.07, 6.45) is 4.15. The first-order chi connectivity index (χ1) is 25.9. The van der Waals surface area contributed by atoms with Crippen LogP contribution in [0.15, 0.2) is 85.2 Å². The molecular formula is C39H31Cl2F3N6O4. The number of rotatable bonds is 8. The standard InChI is InChI=1S/C20H17ClFN3O2.C19H14ClF2N3O2/c1-11-5-6-12(7-16(11)22)10-25-19(26)17(24-20(25)27)8-13-9-23-18-14(13)3-2-4-15(18)21;20-13-5-2-4-12-11(8-23-17(12)13)7-15-18(26)25(19(27)24-15)9-10-3-1-6-14(21)16(10)22/h2-7,9,17,23H,8,10H2,1H3,(H,24,27);1-6,8,15,23H,7,9H2,(H,24,27). The van der Waals surface area contributed by atoms with Crippen molar-refractivity contribution < 1.29 is 32.3 Å². The number of fused-ring (bicyclic) bond motifs is 2. The van der Waals surface area contributed by atoms with E-state index in [-0.39, 0.29) is 36.8 Å². The molecule has 0 aliphatic carbocycles. The van der Waals surface area contributed by atoms with Gasteiger partial charge in [-0.15, -0.1) is 0 Å². The molecule has 6 aromatic rings. The Hall–Kier alpha value is -5.79. The van der Waals surface area contributed by atoms with Crippen LogP contribution in [0.4, 0.5) is 22.8 Å². The Morgan fingerprint density at radius 3 is 1.69 bits per heavy atom. The van der Waals surface area contributed by atoms with E-state index in [1.54, 1.807) is 49.6 Å². The van der Waals surface area contributed by atoms with E-state index in [1.807, 2.05) is 18.2 Å². The monoisotopic (exact) mass is 774 g/mol. The number of carbonyl (C=O) groups is 4. The summed E-state index contributed by atoms with van der Waals surface area (Å²) in [5, 5.41) is 8.25. The van der Waals surface area contributed by atoms with Crippen LogP contribution in [0.3, 0.4) is 0 Å². The quantitative estimate of drug-likeness (QED) is 0.118. The van der Waals surface area contributed by atoms with Gasteiger partial charge < -0.3 is 20.6 Å². The molecule has 4 heterocycles. The molecule has 2 unspecified atom stereocenters. The first kappa shape index (κ1) is 36.6. The fourth-order valence-corrected chi connectivity index (χ4v) is 7.07. The number of benzene rings is 4. The molecule has 0 spiro atoms. The molecular weight excluding hydrogens is 744 g/mol. The summed E-state index contributed by atoms with van der Waals surface area (Å²) in [5.74, 6) is -3.25. The second-order valence-electron chi connectivity index (χ2n) is 13.0. The average molecular weight is 776 g/mol. The van der Waals surface area contributed by atoms with Crippen molar-refractivity contribution in [3.05, 3.63) is 141 Å². The highest BCUT2D eigenvalue weighted by atomic mass is 35.5. The largest absolute Gasteiger partial charge is 0.360 e. The fraction of sp³-hybridized carbons (Fsp3) is 0.179. The number of hydrogen-bond acceptors (Lipinski definition) is 4. The van der Waals surface area contributed by atoms with Gasteiger partial charge in [0.25, 0.3) is 11.8 Å². The van der Waals surface area contributed by atoms with Gasteiger partial charge in [-0.05, 0) is 53.4 Å². The van der Waals surface area contributed by atoms with Crippen molar-refractivity contribution in [3.8, 4) is 0 Å². The second-order valence-corrected chi connectivity index (χ2v) is 13.8. The van der Waals surface area contributed by atoms with Crippen LogP contribution in [0.1, 0.15) is 27.8 Å². The van der Waals surface area contributed by atoms with Gasteiger partial charge in [-0.3, -0.25) is 19.4 Å². The SMILES string of the molecule is Cc1ccc(CN2C(=O)NC(Cc3c[nH]c4c(Cl)cccc34)C2=O)cc1F.O=C1NC(Cc2c[nH]c3c(Cl)cccc23)C(=O)N1Cc1cccc(F)c1F. The maximum Gasteiger partial charge on any atom is 0.325 e. The van der Waals surface area contributed by atoms with Crippen LogP contribution in [-0.2, 0) is 35.5 Å². The number of hydrogen-bond donors (Lipinski definition) is 4. The van der Waals surface area contributed by atoms with Crippen LogP contribution in [0.25, 0.3) is 21.8 Å².